The Morgan fingerprint density at radius 2 is 1.95 bits per heavy atom. The average Bonchev–Trinajstić information content (AvgIpc) is 2.98. The van der Waals surface area contributed by atoms with E-state index in [0.29, 0.717) is 19.6 Å². The standard InChI is InChI=1S/C17H23NO2S.ClH/c1-18(2)9-10-20-13-15(19)12-14-6-3-4-7-16(14)17-8-5-11-21-17;/h3-8,11,15,19H,9-10,12-13H2,1-2H3;1H. The molecule has 2 rings (SSSR count). The van der Waals surface area contributed by atoms with Gasteiger partial charge in [-0.2, -0.15) is 0 Å². The van der Waals surface area contributed by atoms with Crippen LogP contribution in [0.5, 0.6) is 0 Å². The number of aliphatic hydroxyl groups is 1. The molecule has 1 atom stereocenters. The molecule has 0 fully saturated rings. The average molecular weight is 342 g/mol. The van der Waals surface area contributed by atoms with Crippen LogP contribution in [-0.4, -0.2) is 50.0 Å². The molecule has 0 bridgehead atoms. The number of hydrogen-bond acceptors (Lipinski definition) is 4. The van der Waals surface area contributed by atoms with Crippen LogP contribution in [0.4, 0.5) is 0 Å². The van der Waals surface area contributed by atoms with Crippen molar-refractivity contribution >= 4 is 23.7 Å². The van der Waals surface area contributed by atoms with Crippen LogP contribution < -0.4 is 0 Å². The minimum atomic E-state index is -0.465. The third-order valence-corrected chi connectivity index (χ3v) is 4.16. The molecule has 1 aromatic heterocycles. The predicted octanol–water partition coefficient (Wildman–Crippen LogP) is 3.32. The summed E-state index contributed by atoms with van der Waals surface area (Å²) in [5.41, 5.74) is 2.38. The van der Waals surface area contributed by atoms with E-state index in [1.54, 1.807) is 11.3 Å². The largest absolute Gasteiger partial charge is 0.390 e. The van der Waals surface area contributed by atoms with Crippen molar-refractivity contribution in [1.29, 1.82) is 0 Å². The summed E-state index contributed by atoms with van der Waals surface area (Å²) < 4.78 is 5.52. The highest BCUT2D eigenvalue weighted by Crippen LogP contribution is 2.28. The van der Waals surface area contributed by atoms with Crippen molar-refractivity contribution in [2.45, 2.75) is 12.5 Å². The fraction of sp³-hybridized carbons (Fsp3) is 0.412. The van der Waals surface area contributed by atoms with Crippen LogP contribution in [0.1, 0.15) is 5.56 Å². The van der Waals surface area contributed by atoms with Crippen molar-refractivity contribution in [3.05, 3.63) is 47.3 Å². The molecule has 1 unspecified atom stereocenters. The predicted molar refractivity (Wildman–Crippen MR) is 96.1 cm³/mol. The number of likely N-dealkylation sites (N-methyl/N-ethyl adjacent to an activating group) is 1. The van der Waals surface area contributed by atoms with Gasteiger partial charge in [0.2, 0.25) is 0 Å². The molecule has 0 spiro atoms. The van der Waals surface area contributed by atoms with Crippen LogP contribution in [0.15, 0.2) is 41.8 Å². The summed E-state index contributed by atoms with van der Waals surface area (Å²) in [6.07, 6.45) is 0.157. The summed E-state index contributed by atoms with van der Waals surface area (Å²) in [4.78, 5) is 3.31. The lowest BCUT2D eigenvalue weighted by Crippen LogP contribution is -2.23. The molecule has 5 heteroatoms. The van der Waals surface area contributed by atoms with Crippen LogP contribution in [0.25, 0.3) is 10.4 Å². The van der Waals surface area contributed by atoms with Gasteiger partial charge in [0.25, 0.3) is 0 Å². The van der Waals surface area contributed by atoms with Gasteiger partial charge in [0.1, 0.15) is 0 Å². The lowest BCUT2D eigenvalue weighted by atomic mass is 10.0. The van der Waals surface area contributed by atoms with E-state index < -0.39 is 6.10 Å². The first-order valence-corrected chi connectivity index (χ1v) is 8.07. The van der Waals surface area contributed by atoms with Gasteiger partial charge in [0, 0.05) is 17.8 Å². The molecular formula is C17H24ClNO2S. The van der Waals surface area contributed by atoms with Crippen molar-refractivity contribution in [3.63, 3.8) is 0 Å². The Kier molecular flexibility index (Phi) is 8.68. The van der Waals surface area contributed by atoms with E-state index in [-0.39, 0.29) is 12.4 Å². The second-order valence-electron chi connectivity index (χ2n) is 5.37. The molecule has 1 N–H and O–H groups in total. The van der Waals surface area contributed by atoms with Gasteiger partial charge in [-0.1, -0.05) is 30.3 Å². The Bertz CT molecular complexity index is 531. The summed E-state index contributed by atoms with van der Waals surface area (Å²) >= 11 is 1.72. The maximum atomic E-state index is 10.2. The molecule has 0 radical (unpaired) electrons. The van der Waals surface area contributed by atoms with Gasteiger partial charge < -0.3 is 14.7 Å². The highest BCUT2D eigenvalue weighted by atomic mass is 35.5. The molecule has 0 saturated heterocycles. The Morgan fingerprint density at radius 1 is 1.18 bits per heavy atom. The quantitative estimate of drug-likeness (QED) is 0.748. The van der Waals surface area contributed by atoms with Gasteiger partial charge >= 0.3 is 0 Å². The Balaban J connectivity index is 0.00000242. The van der Waals surface area contributed by atoms with Gasteiger partial charge in [-0.05, 0) is 36.7 Å². The molecule has 0 aliphatic rings. The molecule has 22 heavy (non-hydrogen) atoms. The number of benzene rings is 1. The first kappa shape index (κ1) is 19.1. The van der Waals surface area contributed by atoms with Crippen LogP contribution in [0.2, 0.25) is 0 Å². The maximum absolute atomic E-state index is 10.2. The van der Waals surface area contributed by atoms with E-state index in [2.05, 4.69) is 34.5 Å². The highest BCUT2D eigenvalue weighted by Gasteiger charge is 2.11. The van der Waals surface area contributed by atoms with Crippen LogP contribution in [0, 0.1) is 0 Å². The van der Waals surface area contributed by atoms with Gasteiger partial charge in [-0.3, -0.25) is 0 Å². The molecule has 2 aromatic rings. The Morgan fingerprint density at radius 3 is 2.64 bits per heavy atom. The number of aliphatic hydroxyl groups excluding tert-OH is 1. The molecule has 0 aliphatic carbocycles. The summed E-state index contributed by atoms with van der Waals surface area (Å²) in [5.74, 6) is 0. The molecule has 0 aliphatic heterocycles. The smallest absolute Gasteiger partial charge is 0.0814 e. The van der Waals surface area contributed by atoms with E-state index in [1.165, 1.54) is 16.0 Å². The SMILES string of the molecule is CN(C)CCOCC(O)Cc1ccccc1-c1cccs1.Cl. The molecule has 1 aromatic carbocycles. The zero-order valence-corrected chi connectivity index (χ0v) is 14.7. The van der Waals surface area contributed by atoms with E-state index >= 15 is 0 Å². The summed E-state index contributed by atoms with van der Waals surface area (Å²) in [6, 6.07) is 12.4. The Hall–Kier alpha value is -0.910. The monoisotopic (exact) mass is 341 g/mol. The second kappa shape index (κ2) is 9.98. The first-order valence-electron chi connectivity index (χ1n) is 7.19. The number of nitrogens with zero attached hydrogens (tertiary/aromatic N) is 1. The van der Waals surface area contributed by atoms with E-state index in [0.717, 1.165) is 6.54 Å². The van der Waals surface area contributed by atoms with Crippen molar-refractivity contribution < 1.29 is 9.84 Å². The lowest BCUT2D eigenvalue weighted by Gasteiger charge is -2.15. The summed E-state index contributed by atoms with van der Waals surface area (Å²) in [5, 5.41) is 12.2. The van der Waals surface area contributed by atoms with Crippen molar-refractivity contribution in [2.24, 2.45) is 0 Å². The molecular weight excluding hydrogens is 318 g/mol. The molecule has 122 valence electrons. The highest BCUT2D eigenvalue weighted by molar-refractivity contribution is 7.13. The minimum Gasteiger partial charge on any atom is -0.390 e. The maximum Gasteiger partial charge on any atom is 0.0814 e. The topological polar surface area (TPSA) is 32.7 Å². The van der Waals surface area contributed by atoms with Crippen molar-refractivity contribution in [1.82, 2.24) is 4.90 Å². The van der Waals surface area contributed by atoms with E-state index in [1.807, 2.05) is 26.2 Å². The normalized spacial score (nSPS) is 12.2. The van der Waals surface area contributed by atoms with Gasteiger partial charge in [-0.15, -0.1) is 23.7 Å². The lowest BCUT2D eigenvalue weighted by molar-refractivity contribution is 0.0318. The van der Waals surface area contributed by atoms with E-state index in [4.69, 9.17) is 4.74 Å². The van der Waals surface area contributed by atoms with Crippen molar-refractivity contribution in [3.8, 4) is 10.4 Å². The molecule has 0 amide bonds. The number of ether oxygens (including phenoxy) is 1. The number of halogens is 1. The summed E-state index contributed by atoms with van der Waals surface area (Å²) in [7, 11) is 4.02. The molecule has 0 saturated carbocycles. The van der Waals surface area contributed by atoms with Gasteiger partial charge in [0.15, 0.2) is 0 Å². The Labute approximate surface area is 143 Å². The second-order valence-corrected chi connectivity index (χ2v) is 6.32. The number of hydrogen-bond donors (Lipinski definition) is 1. The summed E-state index contributed by atoms with van der Waals surface area (Å²) in [6.45, 7) is 1.90. The third kappa shape index (κ3) is 6.07. The van der Waals surface area contributed by atoms with Gasteiger partial charge in [0.05, 0.1) is 19.3 Å². The minimum absolute atomic E-state index is 0. The van der Waals surface area contributed by atoms with Gasteiger partial charge in [-0.25, -0.2) is 0 Å². The van der Waals surface area contributed by atoms with Crippen LogP contribution >= 0.6 is 23.7 Å². The zero-order chi connectivity index (χ0) is 15.1. The zero-order valence-electron chi connectivity index (χ0n) is 13.1. The fourth-order valence-corrected chi connectivity index (χ4v) is 2.94. The van der Waals surface area contributed by atoms with E-state index in [9.17, 15) is 5.11 Å². The first-order chi connectivity index (χ1) is 10.2. The van der Waals surface area contributed by atoms with Crippen molar-refractivity contribution in [2.75, 3.05) is 33.9 Å². The third-order valence-electron chi connectivity index (χ3n) is 3.25. The molecule has 1 heterocycles. The number of thiophene rings is 1. The fourth-order valence-electron chi connectivity index (χ4n) is 2.15. The van der Waals surface area contributed by atoms with Crippen LogP contribution in [0.3, 0.4) is 0 Å². The number of rotatable bonds is 8. The van der Waals surface area contributed by atoms with Crippen LogP contribution in [-0.2, 0) is 11.2 Å². The molecule has 3 nitrogen and oxygen atoms in total.